The van der Waals surface area contributed by atoms with Crippen molar-refractivity contribution in [2.75, 3.05) is 0 Å². The molecule has 1 atom stereocenters. The Morgan fingerprint density at radius 2 is 1.25 bits per heavy atom. The van der Waals surface area contributed by atoms with Crippen LogP contribution in [0.3, 0.4) is 0 Å². The molecule has 0 saturated carbocycles. The van der Waals surface area contributed by atoms with Crippen molar-refractivity contribution < 1.29 is 13.2 Å². The summed E-state index contributed by atoms with van der Waals surface area (Å²) in [7, 11) is 0. The van der Waals surface area contributed by atoms with Crippen LogP contribution >= 0.6 is 54.5 Å². The van der Waals surface area contributed by atoms with Crippen LogP contribution in [-0.4, -0.2) is 7.42 Å². The first-order chi connectivity index (χ1) is 3.25. The van der Waals surface area contributed by atoms with Gasteiger partial charge in [-0.15, -0.1) is 0 Å². The average molecular weight is 368 g/mol. The second kappa shape index (κ2) is 2.61. The molecule has 0 radical (unpaired) electrons. The third kappa shape index (κ3) is 2.86. The molecule has 0 unspecified atom stereocenters. The summed E-state index contributed by atoms with van der Waals surface area (Å²) in [6.07, 6.45) is 0. The maximum Gasteiger partial charge on any atom is 0.353 e. The van der Waals surface area contributed by atoms with E-state index in [1.54, 1.807) is 0 Å². The minimum Gasteiger partial charge on any atom is -0.212 e. The van der Waals surface area contributed by atoms with E-state index in [0.29, 0.717) is 0 Å². The Balaban J connectivity index is 4.02. The first-order valence-corrected chi connectivity index (χ1v) is 4.05. The molecular formula is C2Br2F3I. The summed E-state index contributed by atoms with van der Waals surface area (Å²) in [6.45, 7) is 0. The number of alkyl halides is 6. The Labute approximate surface area is 74.6 Å². The van der Waals surface area contributed by atoms with Crippen molar-refractivity contribution in [3.63, 3.8) is 0 Å². The van der Waals surface area contributed by atoms with Crippen LogP contribution < -0.4 is 0 Å². The van der Waals surface area contributed by atoms with E-state index in [4.69, 9.17) is 0 Å². The Kier molecular flexibility index (Phi) is 3.09. The quantitative estimate of drug-likeness (QED) is 0.492. The van der Waals surface area contributed by atoms with Gasteiger partial charge in [-0.05, 0) is 54.5 Å². The van der Waals surface area contributed by atoms with E-state index in [9.17, 15) is 13.2 Å². The van der Waals surface area contributed by atoms with Gasteiger partial charge in [-0.25, -0.2) is 4.39 Å². The van der Waals surface area contributed by atoms with Gasteiger partial charge in [0.25, 0.3) is 2.58 Å². The second-order valence-electron chi connectivity index (χ2n) is 0.996. The van der Waals surface area contributed by atoms with Crippen molar-refractivity contribution in [1.29, 1.82) is 0 Å². The normalized spacial score (nSPS) is 20.2. The fourth-order valence-corrected chi connectivity index (χ4v) is 0. The summed E-state index contributed by atoms with van der Waals surface area (Å²) >= 11 is 4.89. The minimum absolute atomic E-state index is 0.936. The van der Waals surface area contributed by atoms with E-state index in [1.165, 1.54) is 0 Å². The first kappa shape index (κ1) is 9.48. The van der Waals surface area contributed by atoms with Gasteiger partial charge in [0.05, 0.1) is 0 Å². The summed E-state index contributed by atoms with van der Waals surface area (Å²) in [6, 6.07) is 0. The van der Waals surface area contributed by atoms with E-state index in [2.05, 4.69) is 15.9 Å². The van der Waals surface area contributed by atoms with Gasteiger partial charge in [0, 0.05) is 0 Å². The molecule has 0 aliphatic heterocycles. The van der Waals surface area contributed by atoms with Crippen molar-refractivity contribution >= 4 is 54.5 Å². The molecule has 0 aliphatic carbocycles. The van der Waals surface area contributed by atoms with E-state index in [0.717, 1.165) is 22.6 Å². The second-order valence-corrected chi connectivity index (χ2v) is 6.05. The van der Waals surface area contributed by atoms with Crippen molar-refractivity contribution in [3.8, 4) is 0 Å². The van der Waals surface area contributed by atoms with Gasteiger partial charge in [-0.3, -0.25) is 0 Å². The van der Waals surface area contributed by atoms with Crippen LogP contribution in [0.2, 0.25) is 0 Å². The zero-order valence-electron chi connectivity index (χ0n) is 3.27. The molecular weight excluding hydrogens is 368 g/mol. The SMILES string of the molecule is FC(F)(Br)[C@@](F)(Br)I. The Bertz CT molecular complexity index is 70.3. The Hall–Kier alpha value is 1.48. The van der Waals surface area contributed by atoms with Crippen molar-refractivity contribution in [3.05, 3.63) is 0 Å². The zero-order valence-corrected chi connectivity index (χ0v) is 8.60. The van der Waals surface area contributed by atoms with Crippen LogP contribution in [-0.2, 0) is 0 Å². The minimum atomic E-state index is -3.51. The predicted molar refractivity (Wildman–Crippen MR) is 40.7 cm³/mol. The molecule has 8 heavy (non-hydrogen) atoms. The summed E-state index contributed by atoms with van der Waals surface area (Å²) < 4.78 is 32.7. The van der Waals surface area contributed by atoms with Gasteiger partial charge in [-0.2, -0.15) is 8.78 Å². The van der Waals surface area contributed by atoms with Gasteiger partial charge >= 0.3 is 4.83 Å². The summed E-state index contributed by atoms with van der Waals surface area (Å²) in [4.78, 5) is -3.51. The van der Waals surface area contributed by atoms with Gasteiger partial charge in [0.15, 0.2) is 0 Å². The summed E-state index contributed by atoms with van der Waals surface area (Å²) in [5.74, 6) is 0. The molecule has 0 spiro atoms. The highest BCUT2D eigenvalue weighted by Crippen LogP contribution is 2.47. The standard InChI is InChI=1S/C2Br2F3I/c3-1(5,6)2(4,7)8/t2-/m0/s1. The third-order valence-corrected chi connectivity index (χ3v) is 3.32. The summed E-state index contributed by atoms with van der Waals surface area (Å²) in [5, 5.41) is 0. The van der Waals surface area contributed by atoms with Crippen LogP contribution in [0, 0.1) is 0 Å². The molecule has 0 aromatic carbocycles. The average Bonchev–Trinajstić information content (AvgIpc) is 1.25. The molecule has 0 rings (SSSR count). The van der Waals surface area contributed by atoms with Crippen LogP contribution in [0.25, 0.3) is 0 Å². The first-order valence-electron chi connectivity index (χ1n) is 1.38. The predicted octanol–water partition coefficient (Wildman–Crippen LogP) is 3.43. The van der Waals surface area contributed by atoms with E-state index < -0.39 is 7.42 Å². The zero-order chi connectivity index (χ0) is 7.00. The highest BCUT2D eigenvalue weighted by molar-refractivity contribution is 14.1. The maximum atomic E-state index is 12.0. The molecule has 0 saturated heterocycles. The van der Waals surface area contributed by atoms with Gasteiger partial charge in [0.1, 0.15) is 0 Å². The highest BCUT2D eigenvalue weighted by atomic mass is 127. The molecule has 0 heterocycles. The van der Waals surface area contributed by atoms with Crippen LogP contribution in [0.1, 0.15) is 0 Å². The molecule has 0 amide bonds. The maximum absolute atomic E-state index is 12.0. The molecule has 0 fully saturated rings. The molecule has 0 aromatic rings. The number of rotatable bonds is 1. The van der Waals surface area contributed by atoms with Gasteiger partial charge in [-0.1, -0.05) is 0 Å². The fourth-order valence-electron chi connectivity index (χ4n) is 0. The Morgan fingerprint density at radius 1 is 1.12 bits per heavy atom. The molecule has 0 aromatic heterocycles. The van der Waals surface area contributed by atoms with Gasteiger partial charge < -0.3 is 0 Å². The van der Waals surface area contributed by atoms with Gasteiger partial charge in [0.2, 0.25) is 0 Å². The molecule has 0 aliphatic rings. The Morgan fingerprint density at radius 3 is 1.25 bits per heavy atom. The molecule has 0 nitrogen and oxygen atoms in total. The van der Waals surface area contributed by atoms with Crippen LogP contribution in [0.5, 0.6) is 0 Å². The number of halogens is 6. The van der Waals surface area contributed by atoms with E-state index in [-0.39, 0.29) is 0 Å². The lowest BCUT2D eigenvalue weighted by Gasteiger charge is -2.15. The van der Waals surface area contributed by atoms with Crippen molar-refractivity contribution in [2.45, 2.75) is 7.42 Å². The lowest BCUT2D eigenvalue weighted by atomic mass is 10.8. The topological polar surface area (TPSA) is 0 Å². The number of hydrogen-bond acceptors (Lipinski definition) is 0. The monoisotopic (exact) mass is 366 g/mol. The van der Waals surface area contributed by atoms with E-state index >= 15 is 0 Å². The van der Waals surface area contributed by atoms with Crippen LogP contribution in [0.4, 0.5) is 13.2 Å². The smallest absolute Gasteiger partial charge is 0.212 e. The largest absolute Gasteiger partial charge is 0.353 e. The lowest BCUT2D eigenvalue weighted by molar-refractivity contribution is 0.0602. The fraction of sp³-hybridized carbons (Fsp3) is 1.00. The van der Waals surface area contributed by atoms with Crippen molar-refractivity contribution in [1.82, 2.24) is 0 Å². The molecule has 6 heteroatoms. The van der Waals surface area contributed by atoms with Crippen LogP contribution in [0.15, 0.2) is 0 Å². The van der Waals surface area contributed by atoms with E-state index in [1.807, 2.05) is 15.9 Å². The molecule has 50 valence electrons. The molecule has 0 N–H and O–H groups in total. The summed E-state index contributed by atoms with van der Waals surface area (Å²) in [5.41, 5.74) is 0. The molecule has 0 bridgehead atoms. The third-order valence-electron chi connectivity index (χ3n) is 0.321. The van der Waals surface area contributed by atoms with Crippen molar-refractivity contribution in [2.24, 2.45) is 0 Å². The highest BCUT2D eigenvalue weighted by Gasteiger charge is 2.48. The number of hydrogen-bond donors (Lipinski definition) is 0. The lowest BCUT2D eigenvalue weighted by Crippen LogP contribution is -2.25.